The Morgan fingerprint density at radius 3 is 2.57 bits per heavy atom. The van der Waals surface area contributed by atoms with Gasteiger partial charge in [0, 0.05) is 13.0 Å². The van der Waals surface area contributed by atoms with Gasteiger partial charge in [-0.05, 0) is 27.9 Å². The third kappa shape index (κ3) is 3.04. The quantitative estimate of drug-likeness (QED) is 0.827. The molecule has 1 aromatic rings. The number of likely N-dealkylation sites (N-methyl/N-ethyl adjacent to an activating group) is 1. The molecule has 1 atom stereocenters. The Morgan fingerprint density at radius 1 is 1.50 bits per heavy atom. The molecule has 0 aliphatic carbocycles. The molecule has 0 spiro atoms. The molecule has 80 valence electrons. The van der Waals surface area contributed by atoms with Gasteiger partial charge in [0.05, 0.1) is 21.7 Å². The summed E-state index contributed by atoms with van der Waals surface area (Å²) in [5, 5.41) is 10.6. The van der Waals surface area contributed by atoms with Crippen LogP contribution in [0, 0.1) is 6.92 Å². The number of aliphatic hydroxyl groups excluding tert-OH is 1. The lowest BCUT2D eigenvalue weighted by Crippen LogP contribution is -2.14. The van der Waals surface area contributed by atoms with Gasteiger partial charge in [-0.1, -0.05) is 0 Å². The summed E-state index contributed by atoms with van der Waals surface area (Å²) in [6.45, 7) is 4.75. The van der Waals surface area contributed by atoms with Gasteiger partial charge in [-0.2, -0.15) is 0 Å². The fourth-order valence-electron chi connectivity index (χ4n) is 1.28. The summed E-state index contributed by atoms with van der Waals surface area (Å²) in [4.78, 5) is 7.57. The predicted octanol–water partition coefficient (Wildman–Crippen LogP) is 1.61. The fraction of sp³-hybridized carbons (Fsp3) is 0.700. The molecule has 14 heavy (non-hydrogen) atoms. The molecule has 1 N–H and O–H groups in total. The van der Waals surface area contributed by atoms with Crippen molar-refractivity contribution in [2.75, 3.05) is 20.6 Å². The molecule has 1 aromatic heterocycles. The van der Waals surface area contributed by atoms with Crippen molar-refractivity contribution < 1.29 is 5.11 Å². The molecule has 0 fully saturated rings. The molecule has 1 unspecified atom stereocenters. The maximum absolute atomic E-state index is 9.46. The molecule has 0 amide bonds. The molecule has 3 nitrogen and oxygen atoms in total. The van der Waals surface area contributed by atoms with Crippen molar-refractivity contribution in [2.45, 2.75) is 26.4 Å². The molecule has 0 saturated carbocycles. The van der Waals surface area contributed by atoms with Gasteiger partial charge >= 0.3 is 0 Å². The van der Waals surface area contributed by atoms with Crippen molar-refractivity contribution in [3.8, 4) is 0 Å². The predicted molar refractivity (Wildman–Crippen MR) is 59.7 cm³/mol. The van der Waals surface area contributed by atoms with Gasteiger partial charge < -0.3 is 10.0 Å². The number of hydrogen-bond acceptors (Lipinski definition) is 4. The van der Waals surface area contributed by atoms with E-state index in [1.54, 1.807) is 18.3 Å². The van der Waals surface area contributed by atoms with E-state index >= 15 is 0 Å². The monoisotopic (exact) mass is 214 g/mol. The van der Waals surface area contributed by atoms with E-state index in [0.29, 0.717) is 0 Å². The van der Waals surface area contributed by atoms with Crippen LogP contribution in [-0.2, 0) is 6.42 Å². The van der Waals surface area contributed by atoms with Crippen LogP contribution in [0.15, 0.2) is 0 Å². The average molecular weight is 214 g/mol. The lowest BCUT2D eigenvalue weighted by atomic mass is 10.3. The van der Waals surface area contributed by atoms with Crippen molar-refractivity contribution in [1.29, 1.82) is 0 Å². The normalized spacial score (nSPS) is 13.6. The van der Waals surface area contributed by atoms with E-state index in [4.69, 9.17) is 0 Å². The van der Waals surface area contributed by atoms with Crippen molar-refractivity contribution in [3.05, 3.63) is 15.6 Å². The van der Waals surface area contributed by atoms with Crippen LogP contribution in [0.3, 0.4) is 0 Å². The third-order valence-electron chi connectivity index (χ3n) is 2.03. The van der Waals surface area contributed by atoms with Gasteiger partial charge in [-0.3, -0.25) is 0 Å². The van der Waals surface area contributed by atoms with Crippen LogP contribution in [0.4, 0.5) is 0 Å². The SMILES string of the molecule is Cc1nc(CCN(C)C)sc1C(C)O. The van der Waals surface area contributed by atoms with E-state index in [-0.39, 0.29) is 6.10 Å². The molecular weight excluding hydrogens is 196 g/mol. The molecule has 4 heteroatoms. The molecule has 0 bridgehead atoms. The van der Waals surface area contributed by atoms with Gasteiger partial charge in [0.1, 0.15) is 0 Å². The van der Waals surface area contributed by atoms with Crippen molar-refractivity contribution >= 4 is 11.3 Å². The Balaban J connectivity index is 2.66. The number of thiazole rings is 1. The van der Waals surface area contributed by atoms with Crippen molar-refractivity contribution in [3.63, 3.8) is 0 Å². The first-order chi connectivity index (χ1) is 6.50. The lowest BCUT2D eigenvalue weighted by molar-refractivity contribution is 0.202. The summed E-state index contributed by atoms with van der Waals surface area (Å²) in [6, 6.07) is 0. The summed E-state index contributed by atoms with van der Waals surface area (Å²) in [6.07, 6.45) is 0.575. The van der Waals surface area contributed by atoms with E-state index < -0.39 is 0 Å². The highest BCUT2D eigenvalue weighted by atomic mass is 32.1. The van der Waals surface area contributed by atoms with Crippen LogP contribution in [0.2, 0.25) is 0 Å². The van der Waals surface area contributed by atoms with Crippen LogP contribution >= 0.6 is 11.3 Å². The Morgan fingerprint density at radius 2 is 2.14 bits per heavy atom. The average Bonchev–Trinajstić information content (AvgIpc) is 2.43. The first-order valence-electron chi connectivity index (χ1n) is 4.79. The highest BCUT2D eigenvalue weighted by molar-refractivity contribution is 7.11. The second-order valence-corrected chi connectivity index (χ2v) is 4.90. The van der Waals surface area contributed by atoms with Gasteiger partial charge in [0.2, 0.25) is 0 Å². The largest absolute Gasteiger partial charge is 0.388 e. The molecular formula is C10H18N2OS. The van der Waals surface area contributed by atoms with Crippen LogP contribution in [-0.4, -0.2) is 35.6 Å². The maximum atomic E-state index is 9.46. The van der Waals surface area contributed by atoms with Crippen LogP contribution in [0.5, 0.6) is 0 Å². The molecule has 1 rings (SSSR count). The molecule has 0 aliphatic rings. The Labute approximate surface area is 89.4 Å². The number of aryl methyl sites for hydroxylation is 1. The van der Waals surface area contributed by atoms with Gasteiger partial charge in [0.15, 0.2) is 0 Å². The molecule has 0 aliphatic heterocycles. The minimum absolute atomic E-state index is 0.388. The molecule has 1 heterocycles. The van der Waals surface area contributed by atoms with Gasteiger partial charge in [0.25, 0.3) is 0 Å². The zero-order valence-corrected chi connectivity index (χ0v) is 10.1. The van der Waals surface area contributed by atoms with Crippen LogP contribution < -0.4 is 0 Å². The first-order valence-corrected chi connectivity index (χ1v) is 5.61. The van der Waals surface area contributed by atoms with Crippen LogP contribution in [0.1, 0.15) is 28.6 Å². The van der Waals surface area contributed by atoms with E-state index in [9.17, 15) is 5.11 Å². The fourth-order valence-corrected chi connectivity index (χ4v) is 2.27. The first kappa shape index (κ1) is 11.6. The number of rotatable bonds is 4. The van der Waals surface area contributed by atoms with Gasteiger partial charge in [-0.25, -0.2) is 4.98 Å². The summed E-state index contributed by atoms with van der Waals surface area (Å²) in [5.74, 6) is 0. The topological polar surface area (TPSA) is 36.4 Å². The number of hydrogen-bond donors (Lipinski definition) is 1. The smallest absolute Gasteiger partial charge is 0.0944 e. The van der Waals surface area contributed by atoms with Crippen molar-refractivity contribution in [1.82, 2.24) is 9.88 Å². The number of aliphatic hydroxyl groups is 1. The Bertz CT molecular complexity index is 294. The highest BCUT2D eigenvalue weighted by Gasteiger charge is 2.11. The Hall–Kier alpha value is -0.450. The molecule has 0 radical (unpaired) electrons. The standard InChI is InChI=1S/C10H18N2OS/c1-7-10(8(2)13)14-9(11-7)5-6-12(3)4/h8,13H,5-6H2,1-4H3. The van der Waals surface area contributed by atoms with E-state index in [2.05, 4.69) is 24.0 Å². The summed E-state index contributed by atoms with van der Waals surface area (Å²) in [7, 11) is 4.10. The van der Waals surface area contributed by atoms with Gasteiger partial charge in [-0.15, -0.1) is 11.3 Å². The lowest BCUT2D eigenvalue weighted by Gasteiger charge is -2.06. The van der Waals surface area contributed by atoms with E-state index in [1.165, 1.54) is 0 Å². The van der Waals surface area contributed by atoms with E-state index in [0.717, 1.165) is 28.5 Å². The number of aromatic nitrogens is 1. The summed E-state index contributed by atoms with van der Waals surface area (Å²) in [5.41, 5.74) is 0.971. The van der Waals surface area contributed by atoms with E-state index in [1.807, 2.05) is 6.92 Å². The zero-order valence-electron chi connectivity index (χ0n) is 9.24. The van der Waals surface area contributed by atoms with Crippen LogP contribution in [0.25, 0.3) is 0 Å². The summed E-state index contributed by atoms with van der Waals surface area (Å²) < 4.78 is 0. The minimum Gasteiger partial charge on any atom is -0.388 e. The second kappa shape index (κ2) is 4.87. The third-order valence-corrected chi connectivity index (χ3v) is 3.42. The maximum Gasteiger partial charge on any atom is 0.0944 e. The number of nitrogens with zero attached hydrogens (tertiary/aromatic N) is 2. The molecule has 0 aromatic carbocycles. The highest BCUT2D eigenvalue weighted by Crippen LogP contribution is 2.24. The second-order valence-electron chi connectivity index (χ2n) is 3.79. The minimum atomic E-state index is -0.388. The summed E-state index contributed by atoms with van der Waals surface area (Å²) >= 11 is 1.62. The molecule has 0 saturated heterocycles. The Kier molecular flexibility index (Phi) is 4.04. The zero-order chi connectivity index (χ0) is 10.7. The van der Waals surface area contributed by atoms with Crippen molar-refractivity contribution in [2.24, 2.45) is 0 Å².